The first-order valence-corrected chi connectivity index (χ1v) is 5.99. The zero-order chi connectivity index (χ0) is 13.1. The molecule has 3 rings (SSSR count). The van der Waals surface area contributed by atoms with Gasteiger partial charge in [0.2, 0.25) is 0 Å². The largest absolute Gasteiger partial charge is 0.486 e. The van der Waals surface area contributed by atoms with Gasteiger partial charge in [0.05, 0.1) is 6.04 Å². The monoisotopic (exact) mass is 258 g/mol. The van der Waals surface area contributed by atoms with Crippen molar-refractivity contribution in [2.45, 2.75) is 6.04 Å². The summed E-state index contributed by atoms with van der Waals surface area (Å²) >= 11 is 0. The van der Waals surface area contributed by atoms with Crippen LogP contribution in [0.2, 0.25) is 0 Å². The second-order valence-corrected chi connectivity index (χ2v) is 4.14. The van der Waals surface area contributed by atoms with Crippen LogP contribution >= 0.6 is 0 Å². The van der Waals surface area contributed by atoms with Crippen LogP contribution in [0.25, 0.3) is 0 Å². The maximum Gasteiger partial charge on any atom is 0.166 e. The van der Waals surface area contributed by atoms with Gasteiger partial charge in [0.1, 0.15) is 19.5 Å². The minimum absolute atomic E-state index is 0.238. The van der Waals surface area contributed by atoms with E-state index in [1.54, 1.807) is 12.4 Å². The number of para-hydroxylation sites is 1. The highest BCUT2D eigenvalue weighted by atomic mass is 16.6. The maximum atomic E-state index is 5.70. The number of hydrogen-bond acceptors (Lipinski definition) is 6. The standard InChI is InChI=1S/C13H14N4O2/c14-17-12(9-6-15-8-16-7-9)10-2-1-3-11-13(10)19-5-4-18-11/h1-3,6-8,12,17H,4-5,14H2. The molecule has 1 aromatic carbocycles. The lowest BCUT2D eigenvalue weighted by Crippen LogP contribution is -2.30. The van der Waals surface area contributed by atoms with Crippen LogP contribution in [-0.4, -0.2) is 23.2 Å². The Balaban J connectivity index is 2.05. The topological polar surface area (TPSA) is 82.3 Å². The normalized spacial score (nSPS) is 15.0. The van der Waals surface area contributed by atoms with E-state index in [4.69, 9.17) is 15.3 Å². The Kier molecular flexibility index (Phi) is 3.26. The van der Waals surface area contributed by atoms with Gasteiger partial charge in [0.15, 0.2) is 11.5 Å². The van der Waals surface area contributed by atoms with Gasteiger partial charge in [-0.3, -0.25) is 5.84 Å². The molecule has 0 spiro atoms. The van der Waals surface area contributed by atoms with Crippen LogP contribution in [-0.2, 0) is 0 Å². The van der Waals surface area contributed by atoms with Crippen LogP contribution in [0.5, 0.6) is 11.5 Å². The van der Waals surface area contributed by atoms with Crippen molar-refractivity contribution in [2.75, 3.05) is 13.2 Å². The van der Waals surface area contributed by atoms with E-state index in [0.29, 0.717) is 13.2 Å². The maximum absolute atomic E-state index is 5.70. The molecule has 3 N–H and O–H groups in total. The third-order valence-corrected chi connectivity index (χ3v) is 2.99. The summed E-state index contributed by atoms with van der Waals surface area (Å²) in [6.07, 6.45) is 4.93. The molecule has 1 unspecified atom stereocenters. The highest BCUT2D eigenvalue weighted by molar-refractivity contribution is 5.50. The summed E-state index contributed by atoms with van der Waals surface area (Å²) in [4.78, 5) is 8.02. The fourth-order valence-corrected chi connectivity index (χ4v) is 2.15. The summed E-state index contributed by atoms with van der Waals surface area (Å²) < 4.78 is 11.3. The van der Waals surface area contributed by atoms with E-state index in [9.17, 15) is 0 Å². The van der Waals surface area contributed by atoms with Crippen LogP contribution in [0.3, 0.4) is 0 Å². The number of fused-ring (bicyclic) bond motifs is 1. The van der Waals surface area contributed by atoms with E-state index >= 15 is 0 Å². The predicted octanol–water partition coefficient (Wildman–Crippen LogP) is 0.800. The molecule has 98 valence electrons. The molecule has 6 heteroatoms. The average molecular weight is 258 g/mol. The minimum atomic E-state index is -0.238. The van der Waals surface area contributed by atoms with E-state index in [1.807, 2.05) is 18.2 Å². The lowest BCUT2D eigenvalue weighted by molar-refractivity contribution is 0.169. The highest BCUT2D eigenvalue weighted by Crippen LogP contribution is 2.38. The van der Waals surface area contributed by atoms with Gasteiger partial charge in [0.25, 0.3) is 0 Å². The smallest absolute Gasteiger partial charge is 0.166 e. The molecular weight excluding hydrogens is 244 g/mol. The number of hydrazine groups is 1. The van der Waals surface area contributed by atoms with Gasteiger partial charge in [-0.15, -0.1) is 0 Å². The Morgan fingerprint density at radius 2 is 1.95 bits per heavy atom. The lowest BCUT2D eigenvalue weighted by Gasteiger charge is -2.24. The average Bonchev–Trinajstić information content (AvgIpc) is 2.49. The summed E-state index contributed by atoms with van der Waals surface area (Å²) in [6, 6.07) is 5.51. The Morgan fingerprint density at radius 1 is 1.16 bits per heavy atom. The fourth-order valence-electron chi connectivity index (χ4n) is 2.15. The van der Waals surface area contributed by atoms with Gasteiger partial charge in [0, 0.05) is 23.5 Å². The van der Waals surface area contributed by atoms with Crippen LogP contribution in [0.1, 0.15) is 17.2 Å². The molecule has 0 saturated carbocycles. The van der Waals surface area contributed by atoms with Crippen molar-refractivity contribution in [1.29, 1.82) is 0 Å². The SMILES string of the molecule is NNC(c1cncnc1)c1cccc2c1OCCO2. The zero-order valence-electron chi connectivity index (χ0n) is 10.2. The van der Waals surface area contributed by atoms with Crippen molar-refractivity contribution in [3.8, 4) is 11.5 Å². The zero-order valence-corrected chi connectivity index (χ0v) is 10.2. The van der Waals surface area contributed by atoms with Gasteiger partial charge < -0.3 is 9.47 Å². The number of nitrogens with one attached hydrogen (secondary N) is 1. The number of nitrogens with two attached hydrogens (primary N) is 1. The predicted molar refractivity (Wildman–Crippen MR) is 68.6 cm³/mol. The van der Waals surface area contributed by atoms with Crippen LogP contribution < -0.4 is 20.7 Å². The number of benzene rings is 1. The van der Waals surface area contributed by atoms with Crippen LogP contribution in [0, 0.1) is 0 Å². The molecule has 1 aliphatic rings. The fraction of sp³-hybridized carbons (Fsp3) is 0.231. The molecule has 1 aliphatic heterocycles. The minimum Gasteiger partial charge on any atom is -0.486 e. The molecule has 0 radical (unpaired) electrons. The van der Waals surface area contributed by atoms with E-state index in [-0.39, 0.29) is 6.04 Å². The van der Waals surface area contributed by atoms with Crippen molar-refractivity contribution >= 4 is 0 Å². The molecule has 6 nitrogen and oxygen atoms in total. The summed E-state index contributed by atoms with van der Waals surface area (Å²) in [7, 11) is 0. The summed E-state index contributed by atoms with van der Waals surface area (Å²) in [5.74, 6) is 7.13. The molecule has 1 aromatic heterocycles. The first-order chi connectivity index (χ1) is 9.40. The van der Waals surface area contributed by atoms with E-state index in [1.165, 1.54) is 6.33 Å². The summed E-state index contributed by atoms with van der Waals surface area (Å²) in [5.41, 5.74) is 4.55. The number of nitrogens with zero attached hydrogens (tertiary/aromatic N) is 2. The first kappa shape index (κ1) is 11.9. The van der Waals surface area contributed by atoms with Gasteiger partial charge >= 0.3 is 0 Å². The van der Waals surface area contributed by atoms with Crippen molar-refractivity contribution in [1.82, 2.24) is 15.4 Å². The highest BCUT2D eigenvalue weighted by Gasteiger charge is 2.22. The summed E-state index contributed by atoms with van der Waals surface area (Å²) in [6.45, 7) is 1.10. The Bertz CT molecular complexity index is 562. The molecule has 0 saturated heterocycles. The van der Waals surface area contributed by atoms with E-state index < -0.39 is 0 Å². The number of hydrogen-bond donors (Lipinski definition) is 2. The van der Waals surface area contributed by atoms with E-state index in [0.717, 1.165) is 22.6 Å². The van der Waals surface area contributed by atoms with Gasteiger partial charge in [-0.1, -0.05) is 12.1 Å². The quantitative estimate of drug-likeness (QED) is 0.626. The molecule has 0 fully saturated rings. The number of ether oxygens (including phenoxy) is 2. The Hall–Kier alpha value is -2.18. The Morgan fingerprint density at radius 3 is 2.74 bits per heavy atom. The molecule has 19 heavy (non-hydrogen) atoms. The first-order valence-electron chi connectivity index (χ1n) is 5.99. The molecule has 1 atom stereocenters. The molecular formula is C13H14N4O2. The van der Waals surface area contributed by atoms with Gasteiger partial charge in [-0.25, -0.2) is 15.4 Å². The van der Waals surface area contributed by atoms with Crippen molar-refractivity contribution in [3.63, 3.8) is 0 Å². The Labute approximate surface area is 110 Å². The lowest BCUT2D eigenvalue weighted by atomic mass is 10.00. The van der Waals surface area contributed by atoms with Crippen LogP contribution in [0.4, 0.5) is 0 Å². The van der Waals surface area contributed by atoms with Gasteiger partial charge in [-0.2, -0.15) is 0 Å². The molecule has 0 amide bonds. The van der Waals surface area contributed by atoms with Crippen molar-refractivity contribution < 1.29 is 9.47 Å². The second kappa shape index (κ2) is 5.21. The van der Waals surface area contributed by atoms with Crippen LogP contribution in [0.15, 0.2) is 36.9 Å². The van der Waals surface area contributed by atoms with Crippen molar-refractivity contribution in [2.24, 2.45) is 5.84 Å². The van der Waals surface area contributed by atoms with E-state index in [2.05, 4.69) is 15.4 Å². The van der Waals surface area contributed by atoms with Crippen molar-refractivity contribution in [3.05, 3.63) is 48.0 Å². The molecule has 2 aromatic rings. The second-order valence-electron chi connectivity index (χ2n) is 4.14. The molecule has 0 bridgehead atoms. The third-order valence-electron chi connectivity index (χ3n) is 2.99. The number of aromatic nitrogens is 2. The summed E-state index contributed by atoms with van der Waals surface area (Å²) in [5, 5.41) is 0. The third kappa shape index (κ3) is 2.23. The number of rotatable bonds is 3. The molecule has 0 aliphatic carbocycles. The molecule has 2 heterocycles. The van der Waals surface area contributed by atoms with Gasteiger partial charge in [-0.05, 0) is 6.07 Å².